The van der Waals surface area contributed by atoms with Gasteiger partial charge in [0, 0.05) is 25.2 Å². The number of nitrogens with one attached hydrogen (secondary N) is 1. The van der Waals surface area contributed by atoms with Crippen LogP contribution in [0.2, 0.25) is 0 Å². The fraction of sp³-hybridized carbons (Fsp3) is 0.500. The van der Waals surface area contributed by atoms with E-state index < -0.39 is 0 Å². The lowest BCUT2D eigenvalue weighted by atomic mass is 9.92. The average molecular weight is 339 g/mol. The first-order valence-corrected chi connectivity index (χ1v) is 7.71. The molecule has 2 aromatic heterocycles. The zero-order chi connectivity index (χ0) is 15.7. The van der Waals surface area contributed by atoms with Crippen LogP contribution in [0.3, 0.4) is 0 Å². The molecular formula is C16H23ClN4O2. The van der Waals surface area contributed by atoms with Crippen molar-refractivity contribution in [1.29, 1.82) is 0 Å². The molecule has 0 saturated carbocycles. The third kappa shape index (κ3) is 3.76. The van der Waals surface area contributed by atoms with E-state index >= 15 is 0 Å². The maximum atomic E-state index is 12.6. The first kappa shape index (κ1) is 17.6. The lowest BCUT2D eigenvalue weighted by molar-refractivity contribution is 0.0655. The number of halogens is 1. The SMILES string of the molecule is Cc1ccc(-c2cc(C(=O)N3CCCC(C(C)N)C3)n[nH]2)o1.Cl. The van der Waals surface area contributed by atoms with Crippen molar-refractivity contribution < 1.29 is 9.21 Å². The second kappa shape index (κ2) is 7.19. The van der Waals surface area contributed by atoms with Crippen LogP contribution < -0.4 is 5.73 Å². The maximum absolute atomic E-state index is 12.6. The number of carbonyl (C=O) groups is 1. The van der Waals surface area contributed by atoms with Gasteiger partial charge in [-0.05, 0) is 44.7 Å². The van der Waals surface area contributed by atoms with E-state index in [1.807, 2.05) is 30.9 Å². The molecule has 2 unspecified atom stereocenters. The highest BCUT2D eigenvalue weighted by Gasteiger charge is 2.27. The van der Waals surface area contributed by atoms with Crippen molar-refractivity contribution in [3.63, 3.8) is 0 Å². The number of H-pyrrole nitrogens is 1. The number of hydrogen-bond acceptors (Lipinski definition) is 4. The summed E-state index contributed by atoms with van der Waals surface area (Å²) in [5.74, 6) is 1.84. The van der Waals surface area contributed by atoms with Gasteiger partial charge in [-0.3, -0.25) is 9.89 Å². The number of likely N-dealkylation sites (tertiary alicyclic amines) is 1. The van der Waals surface area contributed by atoms with Gasteiger partial charge in [0.15, 0.2) is 11.5 Å². The average Bonchev–Trinajstić information content (AvgIpc) is 3.15. The van der Waals surface area contributed by atoms with Crippen LogP contribution in [0.1, 0.15) is 36.0 Å². The highest BCUT2D eigenvalue weighted by Crippen LogP contribution is 2.23. The Morgan fingerprint density at radius 2 is 2.30 bits per heavy atom. The van der Waals surface area contributed by atoms with Crippen LogP contribution in [0.15, 0.2) is 22.6 Å². The summed E-state index contributed by atoms with van der Waals surface area (Å²) in [4.78, 5) is 14.4. The first-order chi connectivity index (χ1) is 10.5. The van der Waals surface area contributed by atoms with Crippen molar-refractivity contribution in [2.45, 2.75) is 32.7 Å². The molecule has 23 heavy (non-hydrogen) atoms. The smallest absolute Gasteiger partial charge is 0.274 e. The van der Waals surface area contributed by atoms with Crippen molar-refractivity contribution in [3.8, 4) is 11.5 Å². The molecule has 1 aliphatic heterocycles. The highest BCUT2D eigenvalue weighted by atomic mass is 35.5. The summed E-state index contributed by atoms with van der Waals surface area (Å²) in [6, 6.07) is 5.60. The molecule has 0 radical (unpaired) electrons. The van der Waals surface area contributed by atoms with E-state index in [-0.39, 0.29) is 24.4 Å². The van der Waals surface area contributed by atoms with Gasteiger partial charge in [0.1, 0.15) is 11.5 Å². The van der Waals surface area contributed by atoms with Crippen molar-refractivity contribution in [3.05, 3.63) is 29.7 Å². The Balaban J connectivity index is 0.00000192. The van der Waals surface area contributed by atoms with Gasteiger partial charge in [0.25, 0.3) is 5.91 Å². The lowest BCUT2D eigenvalue weighted by Crippen LogP contribution is -2.45. The number of carbonyl (C=O) groups excluding carboxylic acids is 1. The molecule has 2 aromatic rings. The molecule has 0 spiro atoms. The molecule has 0 aromatic carbocycles. The predicted octanol–water partition coefficient (Wildman–Crippen LogP) is 2.60. The van der Waals surface area contributed by atoms with Crippen molar-refractivity contribution in [2.24, 2.45) is 11.7 Å². The zero-order valence-electron chi connectivity index (χ0n) is 13.4. The van der Waals surface area contributed by atoms with E-state index in [2.05, 4.69) is 10.2 Å². The molecule has 1 aliphatic rings. The Kier molecular flexibility index (Phi) is 5.49. The topological polar surface area (TPSA) is 88.1 Å². The number of aromatic amines is 1. The minimum atomic E-state index is -0.0453. The molecule has 7 heteroatoms. The lowest BCUT2D eigenvalue weighted by Gasteiger charge is -2.34. The van der Waals surface area contributed by atoms with Crippen LogP contribution in [0, 0.1) is 12.8 Å². The van der Waals surface area contributed by atoms with Gasteiger partial charge in [-0.15, -0.1) is 12.4 Å². The van der Waals surface area contributed by atoms with E-state index in [0.717, 1.165) is 30.8 Å². The fourth-order valence-electron chi connectivity index (χ4n) is 2.92. The van der Waals surface area contributed by atoms with E-state index in [9.17, 15) is 4.79 Å². The molecular weight excluding hydrogens is 316 g/mol. The molecule has 2 atom stereocenters. The third-order valence-corrected chi connectivity index (χ3v) is 4.29. The molecule has 0 bridgehead atoms. The van der Waals surface area contributed by atoms with Crippen molar-refractivity contribution >= 4 is 18.3 Å². The minimum absolute atomic E-state index is 0. The molecule has 6 nitrogen and oxygen atoms in total. The number of hydrogen-bond donors (Lipinski definition) is 2. The van der Waals surface area contributed by atoms with Crippen molar-refractivity contribution in [2.75, 3.05) is 13.1 Å². The van der Waals surface area contributed by atoms with Crippen LogP contribution in [-0.2, 0) is 0 Å². The zero-order valence-corrected chi connectivity index (χ0v) is 14.2. The van der Waals surface area contributed by atoms with Gasteiger partial charge in [-0.2, -0.15) is 5.10 Å². The summed E-state index contributed by atoms with van der Waals surface area (Å²) in [5.41, 5.74) is 7.12. The number of nitrogens with two attached hydrogens (primary N) is 1. The minimum Gasteiger partial charge on any atom is -0.460 e. The number of amides is 1. The number of piperidine rings is 1. The Morgan fingerprint density at radius 3 is 2.96 bits per heavy atom. The molecule has 0 aliphatic carbocycles. The molecule has 3 heterocycles. The summed E-state index contributed by atoms with van der Waals surface area (Å²) >= 11 is 0. The summed E-state index contributed by atoms with van der Waals surface area (Å²) in [6.45, 7) is 5.36. The number of nitrogens with zero attached hydrogens (tertiary/aromatic N) is 2. The molecule has 3 rings (SSSR count). The number of furan rings is 1. The Labute approximate surface area is 141 Å². The van der Waals surface area contributed by atoms with E-state index in [4.69, 9.17) is 10.2 Å². The second-order valence-electron chi connectivity index (χ2n) is 6.09. The first-order valence-electron chi connectivity index (χ1n) is 7.71. The summed E-state index contributed by atoms with van der Waals surface area (Å²) < 4.78 is 5.54. The molecule has 1 saturated heterocycles. The van der Waals surface area contributed by atoms with Crippen LogP contribution in [0.5, 0.6) is 0 Å². The van der Waals surface area contributed by atoms with Gasteiger partial charge < -0.3 is 15.1 Å². The van der Waals surface area contributed by atoms with Gasteiger partial charge in [-0.25, -0.2) is 0 Å². The van der Waals surface area contributed by atoms with Gasteiger partial charge in [0.05, 0.1) is 0 Å². The maximum Gasteiger partial charge on any atom is 0.274 e. The van der Waals surface area contributed by atoms with Crippen LogP contribution >= 0.6 is 12.4 Å². The molecule has 1 fully saturated rings. The van der Waals surface area contributed by atoms with E-state index in [0.29, 0.717) is 23.9 Å². The van der Waals surface area contributed by atoms with E-state index in [1.165, 1.54) is 0 Å². The second-order valence-corrected chi connectivity index (χ2v) is 6.09. The van der Waals surface area contributed by atoms with Crippen LogP contribution in [0.4, 0.5) is 0 Å². The normalized spacial score (nSPS) is 19.3. The summed E-state index contributed by atoms with van der Waals surface area (Å²) in [6.07, 6.45) is 2.07. The fourth-order valence-corrected chi connectivity index (χ4v) is 2.92. The number of rotatable bonds is 3. The number of aryl methyl sites for hydroxylation is 1. The Hall–Kier alpha value is -1.79. The predicted molar refractivity (Wildman–Crippen MR) is 90.6 cm³/mol. The van der Waals surface area contributed by atoms with Gasteiger partial charge in [0.2, 0.25) is 0 Å². The van der Waals surface area contributed by atoms with Crippen LogP contribution in [0.25, 0.3) is 11.5 Å². The Bertz CT molecular complexity index is 665. The quantitative estimate of drug-likeness (QED) is 0.900. The summed E-state index contributed by atoms with van der Waals surface area (Å²) in [5, 5.41) is 7.01. The van der Waals surface area contributed by atoms with E-state index in [1.54, 1.807) is 6.07 Å². The molecule has 126 valence electrons. The molecule has 3 N–H and O–H groups in total. The Morgan fingerprint density at radius 1 is 1.52 bits per heavy atom. The number of aromatic nitrogens is 2. The van der Waals surface area contributed by atoms with Gasteiger partial charge >= 0.3 is 0 Å². The summed E-state index contributed by atoms with van der Waals surface area (Å²) in [7, 11) is 0. The standard InChI is InChI=1S/C16H22N4O2.ClH/c1-10-5-6-15(22-10)13-8-14(19-18-13)16(21)20-7-3-4-12(9-20)11(2)17;/h5-6,8,11-12H,3-4,7,9,17H2,1-2H3,(H,18,19);1H. The highest BCUT2D eigenvalue weighted by molar-refractivity contribution is 5.93. The molecule has 1 amide bonds. The van der Waals surface area contributed by atoms with Crippen LogP contribution in [-0.4, -0.2) is 40.1 Å². The monoisotopic (exact) mass is 338 g/mol. The third-order valence-electron chi connectivity index (χ3n) is 4.29. The van der Waals surface area contributed by atoms with Crippen molar-refractivity contribution in [1.82, 2.24) is 15.1 Å². The largest absolute Gasteiger partial charge is 0.460 e. The van der Waals surface area contributed by atoms with Gasteiger partial charge in [-0.1, -0.05) is 0 Å².